The van der Waals surface area contributed by atoms with Gasteiger partial charge in [-0.25, -0.2) is 22.4 Å². The summed E-state index contributed by atoms with van der Waals surface area (Å²) in [4.78, 5) is 29.3. The molecular formula is C29H27F4N5O4. The number of ether oxygens (including phenoxy) is 1. The van der Waals surface area contributed by atoms with Crippen LogP contribution in [0.5, 0.6) is 0 Å². The lowest BCUT2D eigenvalue weighted by Crippen LogP contribution is -2.47. The second-order valence-corrected chi connectivity index (χ2v) is 10.2. The Balaban J connectivity index is 1.66. The Morgan fingerprint density at radius 1 is 1.07 bits per heavy atom. The molecule has 4 rings (SSSR count). The molecule has 3 aromatic rings. The SMILES string of the molecule is CC1(C)OCC(CCc2c(F)cccc2NC(=O)[C@@H](N=[N+]=[N-])[C@@H](c2ccc(F)cc2)c2cc(F)cc(F)c2)N1C(=O)O. The second kappa shape index (κ2) is 12.5. The number of benzene rings is 3. The maximum Gasteiger partial charge on any atom is 0.409 e. The fourth-order valence-corrected chi connectivity index (χ4v) is 5.24. The molecule has 0 aliphatic carbocycles. The summed E-state index contributed by atoms with van der Waals surface area (Å²) < 4.78 is 62.7. The molecule has 0 bridgehead atoms. The quantitative estimate of drug-likeness (QED) is 0.125. The van der Waals surface area contributed by atoms with Gasteiger partial charge in [0.05, 0.1) is 12.6 Å². The van der Waals surface area contributed by atoms with Crippen LogP contribution in [-0.4, -0.2) is 46.4 Å². The normalized spacial score (nSPS) is 17.3. The lowest BCUT2D eigenvalue weighted by Gasteiger charge is -2.31. The van der Waals surface area contributed by atoms with Crippen LogP contribution >= 0.6 is 0 Å². The number of hydrogen-bond donors (Lipinski definition) is 2. The smallest absolute Gasteiger partial charge is 0.409 e. The Bertz CT molecular complexity index is 1510. The summed E-state index contributed by atoms with van der Waals surface area (Å²) in [7, 11) is 0. The molecule has 9 nitrogen and oxygen atoms in total. The monoisotopic (exact) mass is 585 g/mol. The molecule has 42 heavy (non-hydrogen) atoms. The molecule has 1 unspecified atom stereocenters. The molecular weight excluding hydrogens is 558 g/mol. The van der Waals surface area contributed by atoms with Gasteiger partial charge in [-0.1, -0.05) is 23.3 Å². The summed E-state index contributed by atoms with van der Waals surface area (Å²) in [6, 6.07) is 9.06. The van der Waals surface area contributed by atoms with Gasteiger partial charge < -0.3 is 15.2 Å². The lowest BCUT2D eigenvalue weighted by molar-refractivity contribution is -0.117. The molecule has 1 aliphatic rings. The number of halogens is 4. The highest BCUT2D eigenvalue weighted by Gasteiger charge is 2.43. The first-order chi connectivity index (χ1) is 19.9. The van der Waals surface area contributed by atoms with Gasteiger partial charge in [-0.3, -0.25) is 9.69 Å². The molecule has 2 N–H and O–H groups in total. The minimum absolute atomic E-state index is 0.0128. The van der Waals surface area contributed by atoms with E-state index in [1.165, 1.54) is 30.3 Å². The van der Waals surface area contributed by atoms with Crippen molar-refractivity contribution < 1.29 is 37.0 Å². The van der Waals surface area contributed by atoms with Crippen LogP contribution in [0, 0.1) is 23.3 Å². The van der Waals surface area contributed by atoms with Crippen molar-refractivity contribution in [2.24, 2.45) is 5.11 Å². The van der Waals surface area contributed by atoms with Crippen LogP contribution in [0.4, 0.5) is 28.0 Å². The third-order valence-electron chi connectivity index (χ3n) is 7.12. The maximum absolute atomic E-state index is 15.0. The summed E-state index contributed by atoms with van der Waals surface area (Å²) >= 11 is 0. The van der Waals surface area contributed by atoms with E-state index >= 15 is 4.39 Å². The zero-order valence-electron chi connectivity index (χ0n) is 22.6. The van der Waals surface area contributed by atoms with E-state index < -0.39 is 59.0 Å². The van der Waals surface area contributed by atoms with Gasteiger partial charge in [0.15, 0.2) is 0 Å². The number of nitrogens with one attached hydrogen (secondary N) is 1. The summed E-state index contributed by atoms with van der Waals surface area (Å²) in [5, 5.41) is 15.8. The number of azide groups is 1. The van der Waals surface area contributed by atoms with Gasteiger partial charge in [-0.05, 0) is 79.7 Å². The predicted octanol–water partition coefficient (Wildman–Crippen LogP) is 6.74. The first-order valence-electron chi connectivity index (χ1n) is 12.9. The van der Waals surface area contributed by atoms with Crippen LogP contribution < -0.4 is 5.32 Å². The minimum Gasteiger partial charge on any atom is -0.465 e. The largest absolute Gasteiger partial charge is 0.465 e. The van der Waals surface area contributed by atoms with Gasteiger partial charge in [0.1, 0.15) is 35.0 Å². The average Bonchev–Trinajstić information content (AvgIpc) is 3.22. The molecule has 1 saturated heterocycles. The molecule has 1 heterocycles. The third kappa shape index (κ3) is 6.64. The topological polar surface area (TPSA) is 128 Å². The number of rotatable bonds is 9. The van der Waals surface area contributed by atoms with Crippen LogP contribution in [0.1, 0.15) is 42.9 Å². The highest BCUT2D eigenvalue weighted by molar-refractivity contribution is 5.96. The van der Waals surface area contributed by atoms with Gasteiger partial charge in [0.25, 0.3) is 0 Å². The molecule has 1 aliphatic heterocycles. The van der Waals surface area contributed by atoms with Gasteiger partial charge in [0.2, 0.25) is 5.91 Å². The van der Waals surface area contributed by atoms with Crippen molar-refractivity contribution in [2.45, 2.75) is 50.4 Å². The predicted molar refractivity (Wildman–Crippen MR) is 145 cm³/mol. The Morgan fingerprint density at radius 2 is 1.74 bits per heavy atom. The molecule has 0 radical (unpaired) electrons. The number of carbonyl (C=O) groups is 2. The number of carbonyl (C=O) groups excluding carboxylic acids is 1. The van der Waals surface area contributed by atoms with E-state index in [9.17, 15) is 33.4 Å². The average molecular weight is 586 g/mol. The molecule has 3 aromatic carbocycles. The Hall–Kier alpha value is -4.61. The van der Waals surface area contributed by atoms with Crippen LogP contribution in [0.3, 0.4) is 0 Å². The fourth-order valence-electron chi connectivity index (χ4n) is 5.24. The van der Waals surface area contributed by atoms with E-state index in [0.717, 1.165) is 29.2 Å². The van der Waals surface area contributed by atoms with E-state index in [0.29, 0.717) is 6.07 Å². The minimum atomic E-state index is -1.63. The van der Waals surface area contributed by atoms with Crippen LogP contribution in [0.15, 0.2) is 65.8 Å². The Morgan fingerprint density at radius 3 is 2.36 bits per heavy atom. The van der Waals surface area contributed by atoms with Crippen molar-refractivity contribution >= 4 is 17.7 Å². The number of amides is 2. The van der Waals surface area contributed by atoms with Crippen molar-refractivity contribution in [1.82, 2.24) is 4.90 Å². The van der Waals surface area contributed by atoms with Crippen molar-refractivity contribution in [2.75, 3.05) is 11.9 Å². The van der Waals surface area contributed by atoms with E-state index in [1.807, 2.05) is 0 Å². The molecule has 2 amide bonds. The van der Waals surface area contributed by atoms with E-state index in [4.69, 9.17) is 4.74 Å². The van der Waals surface area contributed by atoms with Crippen molar-refractivity contribution in [3.63, 3.8) is 0 Å². The summed E-state index contributed by atoms with van der Waals surface area (Å²) in [5.41, 5.74) is 8.51. The Kier molecular flexibility index (Phi) is 9.03. The zero-order chi connectivity index (χ0) is 30.6. The molecule has 1 fully saturated rings. The Labute approximate surface area is 238 Å². The molecule has 0 saturated carbocycles. The first kappa shape index (κ1) is 30.4. The van der Waals surface area contributed by atoms with Gasteiger partial charge in [0, 0.05) is 28.1 Å². The summed E-state index contributed by atoms with van der Waals surface area (Å²) in [6.45, 7) is 3.30. The number of nitrogens with zero attached hydrogens (tertiary/aromatic N) is 4. The second-order valence-electron chi connectivity index (χ2n) is 10.2. The molecule has 3 atom stereocenters. The maximum atomic E-state index is 15.0. The summed E-state index contributed by atoms with van der Waals surface area (Å²) in [6.07, 6.45) is -1.01. The van der Waals surface area contributed by atoms with Gasteiger partial charge in [-0.2, -0.15) is 0 Å². The van der Waals surface area contributed by atoms with Gasteiger partial charge in [-0.15, -0.1) is 0 Å². The first-order valence-corrected chi connectivity index (χ1v) is 12.9. The van der Waals surface area contributed by atoms with Crippen LogP contribution in [0.25, 0.3) is 10.4 Å². The van der Waals surface area contributed by atoms with Crippen LogP contribution in [0.2, 0.25) is 0 Å². The fraction of sp³-hybridized carbons (Fsp3) is 0.310. The molecule has 13 heteroatoms. The zero-order valence-corrected chi connectivity index (χ0v) is 22.6. The van der Waals surface area contributed by atoms with Crippen molar-refractivity contribution in [3.05, 3.63) is 111 Å². The summed E-state index contributed by atoms with van der Waals surface area (Å²) in [5.74, 6) is -5.33. The number of hydrogen-bond acceptors (Lipinski definition) is 4. The van der Waals surface area contributed by atoms with E-state index in [1.54, 1.807) is 13.8 Å². The van der Waals surface area contributed by atoms with Crippen molar-refractivity contribution in [3.8, 4) is 0 Å². The lowest BCUT2D eigenvalue weighted by atomic mass is 9.84. The highest BCUT2D eigenvalue weighted by Crippen LogP contribution is 2.34. The van der Waals surface area contributed by atoms with Crippen LogP contribution in [-0.2, 0) is 16.0 Å². The number of carboxylic acid groups (broad SMARTS) is 1. The standard InChI is InChI=1S/C29H27F4N5O4/c1-29(2)38(28(40)41)21(15-42-29)10-11-22-23(33)4-3-5-24(22)35-27(39)26(36-37-34)25(16-6-8-18(30)9-7-16)17-12-19(31)14-20(32)13-17/h3-9,12-14,21,25-26H,10-11,15H2,1-2H3,(H,35,39)(H,40,41)/t21?,25-,26-/m0/s1. The molecule has 0 spiro atoms. The molecule has 220 valence electrons. The third-order valence-corrected chi connectivity index (χ3v) is 7.12. The van der Waals surface area contributed by atoms with Crippen molar-refractivity contribution in [1.29, 1.82) is 0 Å². The number of anilines is 1. The molecule has 0 aromatic heterocycles. The van der Waals surface area contributed by atoms with E-state index in [-0.39, 0.29) is 41.8 Å². The van der Waals surface area contributed by atoms with Gasteiger partial charge >= 0.3 is 6.09 Å². The highest BCUT2D eigenvalue weighted by atomic mass is 19.1. The van der Waals surface area contributed by atoms with E-state index in [2.05, 4.69) is 15.3 Å².